The summed E-state index contributed by atoms with van der Waals surface area (Å²) in [5, 5.41) is 2.89. The average Bonchev–Trinajstić information content (AvgIpc) is 2.49. The van der Waals surface area contributed by atoms with Gasteiger partial charge in [-0.2, -0.15) is 0 Å². The van der Waals surface area contributed by atoms with Crippen LogP contribution >= 0.6 is 11.8 Å². The Labute approximate surface area is 123 Å². The van der Waals surface area contributed by atoms with E-state index in [1.807, 2.05) is 54.8 Å². The van der Waals surface area contributed by atoms with Crippen molar-refractivity contribution < 1.29 is 4.79 Å². The van der Waals surface area contributed by atoms with Gasteiger partial charge < -0.3 is 11.1 Å². The molecule has 0 saturated carbocycles. The summed E-state index contributed by atoms with van der Waals surface area (Å²) >= 11 is 1.68. The van der Waals surface area contributed by atoms with Crippen molar-refractivity contribution in [2.24, 2.45) is 5.73 Å². The SMILES string of the molecule is CSc1ccc(NC(=O)c2ccc(CCN)cc2)cc1. The molecule has 0 aliphatic carbocycles. The van der Waals surface area contributed by atoms with Gasteiger partial charge in [0.05, 0.1) is 0 Å². The van der Waals surface area contributed by atoms with Crippen LogP contribution in [0.25, 0.3) is 0 Å². The monoisotopic (exact) mass is 286 g/mol. The maximum absolute atomic E-state index is 12.1. The van der Waals surface area contributed by atoms with Crippen molar-refractivity contribution in [3.05, 3.63) is 59.7 Å². The molecule has 2 aromatic rings. The van der Waals surface area contributed by atoms with E-state index in [0.29, 0.717) is 12.1 Å². The molecule has 0 atom stereocenters. The predicted molar refractivity (Wildman–Crippen MR) is 85.4 cm³/mol. The molecule has 0 bridgehead atoms. The van der Waals surface area contributed by atoms with Crippen LogP contribution < -0.4 is 11.1 Å². The number of hydrogen-bond donors (Lipinski definition) is 2. The summed E-state index contributed by atoms with van der Waals surface area (Å²) in [6.07, 6.45) is 2.86. The summed E-state index contributed by atoms with van der Waals surface area (Å²) in [7, 11) is 0. The lowest BCUT2D eigenvalue weighted by Gasteiger charge is -2.06. The topological polar surface area (TPSA) is 55.1 Å². The largest absolute Gasteiger partial charge is 0.330 e. The molecule has 0 saturated heterocycles. The Hall–Kier alpha value is -1.78. The van der Waals surface area contributed by atoms with Crippen molar-refractivity contribution in [1.82, 2.24) is 0 Å². The number of carbonyl (C=O) groups excluding carboxylic acids is 1. The van der Waals surface area contributed by atoms with Crippen molar-refractivity contribution >= 4 is 23.4 Å². The zero-order chi connectivity index (χ0) is 14.4. The zero-order valence-electron chi connectivity index (χ0n) is 11.4. The normalized spacial score (nSPS) is 10.3. The molecule has 1 amide bonds. The Balaban J connectivity index is 2.03. The van der Waals surface area contributed by atoms with E-state index in [2.05, 4.69) is 5.32 Å². The molecule has 0 aromatic heterocycles. The van der Waals surface area contributed by atoms with Crippen molar-refractivity contribution in [3.63, 3.8) is 0 Å². The number of carbonyl (C=O) groups is 1. The maximum atomic E-state index is 12.1. The minimum absolute atomic E-state index is 0.0961. The van der Waals surface area contributed by atoms with Gasteiger partial charge in [-0.25, -0.2) is 0 Å². The average molecular weight is 286 g/mol. The van der Waals surface area contributed by atoms with Gasteiger partial charge in [-0.15, -0.1) is 11.8 Å². The van der Waals surface area contributed by atoms with Gasteiger partial charge in [-0.05, 0) is 61.2 Å². The quantitative estimate of drug-likeness (QED) is 0.830. The van der Waals surface area contributed by atoms with E-state index in [-0.39, 0.29) is 5.91 Å². The standard InChI is InChI=1S/C16H18N2OS/c1-20-15-8-6-14(7-9-15)18-16(19)13-4-2-12(3-5-13)10-11-17/h2-9H,10-11,17H2,1H3,(H,18,19). The Morgan fingerprint density at radius 1 is 1.10 bits per heavy atom. The molecular weight excluding hydrogens is 268 g/mol. The predicted octanol–water partition coefficient (Wildman–Crippen LogP) is 3.16. The van der Waals surface area contributed by atoms with E-state index in [1.165, 1.54) is 4.90 Å². The second-order valence-electron chi connectivity index (χ2n) is 4.42. The highest BCUT2D eigenvalue weighted by Gasteiger charge is 2.05. The minimum atomic E-state index is -0.0961. The van der Waals surface area contributed by atoms with Gasteiger partial charge in [0.1, 0.15) is 0 Å². The zero-order valence-corrected chi connectivity index (χ0v) is 12.2. The highest BCUT2D eigenvalue weighted by atomic mass is 32.2. The molecule has 3 N–H and O–H groups in total. The molecule has 0 spiro atoms. The number of amides is 1. The van der Waals surface area contributed by atoms with Crippen LogP contribution in [0.5, 0.6) is 0 Å². The molecule has 4 heteroatoms. The summed E-state index contributed by atoms with van der Waals surface area (Å²) in [5.41, 5.74) is 8.11. The molecule has 0 heterocycles. The first-order valence-electron chi connectivity index (χ1n) is 6.47. The summed E-state index contributed by atoms with van der Waals surface area (Å²) in [6, 6.07) is 15.3. The van der Waals surface area contributed by atoms with Crippen LogP contribution in [0.15, 0.2) is 53.4 Å². The second kappa shape index (κ2) is 7.12. The van der Waals surface area contributed by atoms with E-state index in [1.54, 1.807) is 11.8 Å². The van der Waals surface area contributed by atoms with Crippen LogP contribution in [0.1, 0.15) is 15.9 Å². The summed E-state index contributed by atoms with van der Waals surface area (Å²) < 4.78 is 0. The van der Waals surface area contributed by atoms with Crippen LogP contribution in [-0.4, -0.2) is 18.7 Å². The molecular formula is C16H18N2OS. The Bertz CT molecular complexity index is 564. The summed E-state index contributed by atoms with van der Waals surface area (Å²) in [5.74, 6) is -0.0961. The Morgan fingerprint density at radius 3 is 2.30 bits per heavy atom. The molecule has 3 nitrogen and oxygen atoms in total. The molecule has 0 aliphatic rings. The lowest BCUT2D eigenvalue weighted by atomic mass is 10.1. The summed E-state index contributed by atoms with van der Waals surface area (Å²) in [4.78, 5) is 13.3. The van der Waals surface area contributed by atoms with Gasteiger partial charge in [-0.1, -0.05) is 12.1 Å². The van der Waals surface area contributed by atoms with Gasteiger partial charge in [0, 0.05) is 16.1 Å². The first kappa shape index (κ1) is 14.6. The smallest absolute Gasteiger partial charge is 0.255 e. The van der Waals surface area contributed by atoms with Gasteiger partial charge in [0.2, 0.25) is 0 Å². The highest BCUT2D eigenvalue weighted by molar-refractivity contribution is 7.98. The van der Waals surface area contributed by atoms with Gasteiger partial charge in [0.25, 0.3) is 5.91 Å². The number of nitrogens with two attached hydrogens (primary N) is 1. The highest BCUT2D eigenvalue weighted by Crippen LogP contribution is 2.18. The summed E-state index contributed by atoms with van der Waals surface area (Å²) in [6.45, 7) is 0.618. The molecule has 0 unspecified atom stereocenters. The van der Waals surface area contributed by atoms with Crippen LogP contribution in [0.2, 0.25) is 0 Å². The lowest BCUT2D eigenvalue weighted by molar-refractivity contribution is 0.102. The lowest BCUT2D eigenvalue weighted by Crippen LogP contribution is -2.12. The van der Waals surface area contributed by atoms with E-state index in [9.17, 15) is 4.79 Å². The third-order valence-electron chi connectivity index (χ3n) is 3.00. The number of nitrogens with one attached hydrogen (secondary N) is 1. The third-order valence-corrected chi connectivity index (χ3v) is 3.74. The molecule has 0 fully saturated rings. The van der Waals surface area contributed by atoms with E-state index >= 15 is 0 Å². The number of benzene rings is 2. The number of anilines is 1. The van der Waals surface area contributed by atoms with Crippen molar-refractivity contribution in [2.75, 3.05) is 18.1 Å². The molecule has 0 radical (unpaired) electrons. The van der Waals surface area contributed by atoms with Crippen LogP contribution in [0.3, 0.4) is 0 Å². The van der Waals surface area contributed by atoms with Crippen LogP contribution in [0, 0.1) is 0 Å². The van der Waals surface area contributed by atoms with Crippen molar-refractivity contribution in [3.8, 4) is 0 Å². The third kappa shape index (κ3) is 3.85. The van der Waals surface area contributed by atoms with Crippen molar-refractivity contribution in [2.45, 2.75) is 11.3 Å². The van der Waals surface area contributed by atoms with E-state index in [0.717, 1.165) is 17.7 Å². The van der Waals surface area contributed by atoms with E-state index in [4.69, 9.17) is 5.73 Å². The van der Waals surface area contributed by atoms with E-state index < -0.39 is 0 Å². The number of rotatable bonds is 5. The molecule has 20 heavy (non-hydrogen) atoms. The fraction of sp³-hybridized carbons (Fsp3) is 0.188. The van der Waals surface area contributed by atoms with Gasteiger partial charge >= 0.3 is 0 Å². The minimum Gasteiger partial charge on any atom is -0.330 e. The first-order valence-corrected chi connectivity index (χ1v) is 7.70. The fourth-order valence-electron chi connectivity index (χ4n) is 1.87. The Morgan fingerprint density at radius 2 is 1.75 bits per heavy atom. The van der Waals surface area contributed by atoms with Gasteiger partial charge in [-0.3, -0.25) is 4.79 Å². The van der Waals surface area contributed by atoms with Crippen molar-refractivity contribution in [1.29, 1.82) is 0 Å². The molecule has 0 aliphatic heterocycles. The number of thioether (sulfide) groups is 1. The maximum Gasteiger partial charge on any atom is 0.255 e. The van der Waals surface area contributed by atoms with Crippen LogP contribution in [0.4, 0.5) is 5.69 Å². The fourth-order valence-corrected chi connectivity index (χ4v) is 2.28. The van der Waals surface area contributed by atoms with Gasteiger partial charge in [0.15, 0.2) is 0 Å². The second-order valence-corrected chi connectivity index (χ2v) is 5.30. The first-order chi connectivity index (χ1) is 9.72. The Kier molecular flexibility index (Phi) is 5.21. The number of hydrogen-bond acceptors (Lipinski definition) is 3. The van der Waals surface area contributed by atoms with Crippen LogP contribution in [-0.2, 0) is 6.42 Å². The molecule has 2 aromatic carbocycles. The molecule has 104 valence electrons. The molecule has 2 rings (SSSR count).